The fraction of sp³-hybridized carbons (Fsp3) is 0.625. The number of guanidine groups is 1. The molecule has 28 heavy (non-hydrogen) atoms. The molecule has 1 fully saturated rings. The molecule has 160 valence electrons. The molecule has 4 N–H and O–H groups in total. The topological polar surface area (TPSA) is 134 Å². The molecule has 1 unspecified atom stereocenters. The maximum Gasteiger partial charge on any atom is 0.409 e. The van der Waals surface area contributed by atoms with Crippen LogP contribution in [0.3, 0.4) is 0 Å². The molecule has 0 spiro atoms. The normalized spacial score (nSPS) is 16.9. The Labute approximate surface area is 186 Å². The largest absolute Gasteiger partial charge is 0.450 e. The first kappa shape index (κ1) is 24.9. The SMILES string of the molecule is CCOC(=O)N1CCC(NC(N)=NCC(O)CS(=O)(=O)c2cccs2)CC1.I. The van der Waals surface area contributed by atoms with Gasteiger partial charge >= 0.3 is 6.09 Å². The van der Waals surface area contributed by atoms with Crippen molar-refractivity contribution in [2.24, 2.45) is 10.7 Å². The van der Waals surface area contributed by atoms with Crippen LogP contribution < -0.4 is 11.1 Å². The van der Waals surface area contributed by atoms with Gasteiger partial charge in [0.15, 0.2) is 15.8 Å². The van der Waals surface area contributed by atoms with Crippen LogP contribution in [0.2, 0.25) is 0 Å². The Kier molecular flexibility index (Phi) is 10.5. The van der Waals surface area contributed by atoms with E-state index in [2.05, 4.69) is 10.3 Å². The Bertz CT molecular complexity index is 734. The highest BCUT2D eigenvalue weighted by atomic mass is 127. The van der Waals surface area contributed by atoms with Gasteiger partial charge in [-0.1, -0.05) is 6.07 Å². The Morgan fingerprint density at radius 1 is 1.50 bits per heavy atom. The molecule has 1 atom stereocenters. The lowest BCUT2D eigenvalue weighted by Crippen LogP contribution is -2.48. The molecular weight excluding hydrogens is 519 g/mol. The number of aliphatic hydroxyl groups excluding tert-OH is 1. The fourth-order valence-electron chi connectivity index (χ4n) is 2.71. The molecule has 0 saturated carbocycles. The van der Waals surface area contributed by atoms with Crippen LogP contribution in [-0.4, -0.2) is 74.6 Å². The van der Waals surface area contributed by atoms with E-state index in [9.17, 15) is 18.3 Å². The summed E-state index contributed by atoms with van der Waals surface area (Å²) in [5.41, 5.74) is 5.83. The molecule has 0 aliphatic carbocycles. The van der Waals surface area contributed by atoms with E-state index in [1.807, 2.05) is 0 Å². The predicted molar refractivity (Wildman–Crippen MR) is 119 cm³/mol. The average Bonchev–Trinajstić information content (AvgIpc) is 3.16. The van der Waals surface area contributed by atoms with E-state index in [1.54, 1.807) is 23.3 Å². The predicted octanol–water partition coefficient (Wildman–Crippen LogP) is 1.03. The van der Waals surface area contributed by atoms with Crippen molar-refractivity contribution in [1.29, 1.82) is 0 Å². The van der Waals surface area contributed by atoms with Crippen molar-refractivity contribution in [2.45, 2.75) is 36.1 Å². The lowest BCUT2D eigenvalue weighted by atomic mass is 10.1. The summed E-state index contributed by atoms with van der Waals surface area (Å²) in [4.78, 5) is 17.3. The summed E-state index contributed by atoms with van der Waals surface area (Å²) in [5, 5.41) is 14.7. The number of thiophene rings is 1. The number of nitrogens with zero attached hydrogens (tertiary/aromatic N) is 2. The second kappa shape index (κ2) is 11.8. The van der Waals surface area contributed by atoms with Gasteiger partial charge < -0.3 is 25.8 Å². The summed E-state index contributed by atoms with van der Waals surface area (Å²) in [6.07, 6.45) is -0.0508. The van der Waals surface area contributed by atoms with Crippen LogP contribution in [0.4, 0.5) is 4.79 Å². The van der Waals surface area contributed by atoms with Crippen molar-refractivity contribution < 1.29 is 23.1 Å². The molecule has 1 saturated heterocycles. The van der Waals surface area contributed by atoms with E-state index in [-0.39, 0.29) is 52.8 Å². The molecule has 1 aromatic heterocycles. The van der Waals surface area contributed by atoms with Crippen molar-refractivity contribution in [3.63, 3.8) is 0 Å². The van der Waals surface area contributed by atoms with Gasteiger partial charge in [-0.3, -0.25) is 4.99 Å². The number of rotatable bonds is 7. The van der Waals surface area contributed by atoms with Gasteiger partial charge in [-0.15, -0.1) is 35.3 Å². The van der Waals surface area contributed by atoms with E-state index in [4.69, 9.17) is 10.5 Å². The van der Waals surface area contributed by atoms with Crippen LogP contribution in [-0.2, 0) is 14.6 Å². The van der Waals surface area contributed by atoms with Crippen LogP contribution in [0.25, 0.3) is 0 Å². The van der Waals surface area contributed by atoms with Crippen molar-refractivity contribution in [3.8, 4) is 0 Å². The second-order valence-corrected chi connectivity index (χ2v) is 9.41. The summed E-state index contributed by atoms with van der Waals surface area (Å²) < 4.78 is 29.4. The summed E-state index contributed by atoms with van der Waals surface area (Å²) >= 11 is 1.12. The van der Waals surface area contributed by atoms with E-state index in [0.717, 1.165) is 11.3 Å². The van der Waals surface area contributed by atoms with Gasteiger partial charge in [-0.2, -0.15) is 0 Å². The molecule has 0 aromatic carbocycles. The summed E-state index contributed by atoms with van der Waals surface area (Å²) in [6.45, 7) is 3.13. The lowest BCUT2D eigenvalue weighted by Gasteiger charge is -2.31. The van der Waals surface area contributed by atoms with Gasteiger partial charge in [0.05, 0.1) is 25.0 Å². The molecule has 1 amide bonds. The number of aliphatic hydroxyl groups is 1. The highest BCUT2D eigenvalue weighted by Gasteiger charge is 2.24. The van der Waals surface area contributed by atoms with Crippen LogP contribution in [0.1, 0.15) is 19.8 Å². The number of hydrogen-bond acceptors (Lipinski definition) is 7. The third-order valence-corrected chi connectivity index (χ3v) is 7.34. The number of sulfone groups is 1. The zero-order valence-electron chi connectivity index (χ0n) is 15.6. The molecule has 0 bridgehead atoms. The Morgan fingerprint density at radius 3 is 2.75 bits per heavy atom. The molecule has 1 aromatic rings. The third kappa shape index (κ3) is 7.72. The number of nitrogens with two attached hydrogens (primary N) is 1. The minimum absolute atomic E-state index is 0. The summed E-state index contributed by atoms with van der Waals surface area (Å²) in [7, 11) is -3.52. The lowest BCUT2D eigenvalue weighted by molar-refractivity contribution is 0.0963. The highest BCUT2D eigenvalue weighted by Crippen LogP contribution is 2.18. The Balaban J connectivity index is 0.00000392. The monoisotopic (exact) mass is 546 g/mol. The maximum atomic E-state index is 12.1. The number of amides is 1. The fourth-order valence-corrected chi connectivity index (χ4v) is 5.18. The van der Waals surface area contributed by atoms with Gasteiger partial charge in [-0.25, -0.2) is 13.2 Å². The van der Waals surface area contributed by atoms with Crippen molar-refractivity contribution in [3.05, 3.63) is 17.5 Å². The van der Waals surface area contributed by atoms with Gasteiger partial charge in [0.1, 0.15) is 4.21 Å². The number of piperidine rings is 1. The molecular formula is C16H27IN4O5S2. The number of nitrogens with one attached hydrogen (secondary N) is 1. The molecule has 1 aliphatic heterocycles. The van der Waals surface area contributed by atoms with Gasteiger partial charge in [0.2, 0.25) is 0 Å². The van der Waals surface area contributed by atoms with Gasteiger partial charge in [0, 0.05) is 19.1 Å². The number of halogens is 1. The first-order valence-corrected chi connectivity index (χ1v) is 11.3. The smallest absolute Gasteiger partial charge is 0.409 e. The first-order valence-electron chi connectivity index (χ1n) is 8.74. The van der Waals surface area contributed by atoms with Crippen molar-refractivity contribution in [1.82, 2.24) is 10.2 Å². The van der Waals surface area contributed by atoms with Crippen LogP contribution >= 0.6 is 35.3 Å². The number of ether oxygens (including phenoxy) is 1. The molecule has 2 rings (SSSR count). The Morgan fingerprint density at radius 2 is 2.18 bits per heavy atom. The molecule has 2 heterocycles. The number of aliphatic imine (C=N–C) groups is 1. The second-order valence-electron chi connectivity index (χ2n) is 6.20. The van der Waals surface area contributed by atoms with Gasteiger partial charge in [-0.05, 0) is 31.2 Å². The zero-order chi connectivity index (χ0) is 19.9. The van der Waals surface area contributed by atoms with E-state index in [0.29, 0.717) is 32.5 Å². The zero-order valence-corrected chi connectivity index (χ0v) is 19.6. The number of likely N-dealkylation sites (tertiary alicyclic amines) is 1. The van der Waals surface area contributed by atoms with Crippen molar-refractivity contribution >= 4 is 57.2 Å². The average molecular weight is 546 g/mol. The van der Waals surface area contributed by atoms with Crippen molar-refractivity contribution in [2.75, 3.05) is 32.0 Å². The van der Waals surface area contributed by atoms with Gasteiger partial charge in [0.25, 0.3) is 0 Å². The number of carbonyl (C=O) groups is 1. The molecule has 12 heteroatoms. The van der Waals surface area contributed by atoms with E-state index < -0.39 is 21.7 Å². The molecule has 9 nitrogen and oxygen atoms in total. The molecule has 1 aliphatic rings. The highest BCUT2D eigenvalue weighted by molar-refractivity contribution is 14.0. The maximum absolute atomic E-state index is 12.1. The van der Waals surface area contributed by atoms with Crippen LogP contribution in [0.5, 0.6) is 0 Å². The minimum Gasteiger partial charge on any atom is -0.450 e. The van der Waals surface area contributed by atoms with Crippen LogP contribution in [0.15, 0.2) is 26.7 Å². The first-order chi connectivity index (χ1) is 12.8. The third-order valence-electron chi connectivity index (χ3n) is 4.06. The number of hydrogen-bond donors (Lipinski definition) is 3. The van der Waals surface area contributed by atoms with E-state index >= 15 is 0 Å². The van der Waals surface area contributed by atoms with Crippen LogP contribution in [0, 0.1) is 0 Å². The quantitative estimate of drug-likeness (QED) is 0.264. The molecule has 0 radical (unpaired) electrons. The minimum atomic E-state index is -3.52. The number of carbonyl (C=O) groups excluding carboxylic acids is 1. The summed E-state index contributed by atoms with van der Waals surface area (Å²) in [5.74, 6) is -0.250. The summed E-state index contributed by atoms with van der Waals surface area (Å²) in [6, 6.07) is 3.22. The standard InChI is InChI=1S/C16H26N4O5S2.HI/c1-2-25-16(22)20-7-5-12(6-8-20)19-15(17)18-10-13(21)11-27(23,24)14-4-3-9-26-14;/h3-4,9,12-13,21H,2,5-8,10-11H2,1H3,(H3,17,18,19);1H. The van der Waals surface area contributed by atoms with E-state index in [1.165, 1.54) is 6.07 Å². The Hall–Kier alpha value is -1.12.